The van der Waals surface area contributed by atoms with Gasteiger partial charge in [0, 0.05) is 11.1 Å². The summed E-state index contributed by atoms with van der Waals surface area (Å²) in [5, 5.41) is 5.26. The molecule has 4 aromatic rings. The van der Waals surface area contributed by atoms with Crippen molar-refractivity contribution in [1.29, 1.82) is 0 Å². The molecule has 0 bridgehead atoms. The van der Waals surface area contributed by atoms with E-state index in [4.69, 9.17) is 0 Å². The molecule has 2 amide bonds. The number of hydrogen-bond donors (Lipinski definition) is 2. The van der Waals surface area contributed by atoms with Gasteiger partial charge in [-0.1, -0.05) is 29.5 Å². The van der Waals surface area contributed by atoms with Gasteiger partial charge in [-0.2, -0.15) is 4.99 Å². The highest BCUT2D eigenvalue weighted by Crippen LogP contribution is 2.27. The highest BCUT2D eigenvalue weighted by Gasteiger charge is 2.15. The molecule has 2 N–H and O–H groups in total. The van der Waals surface area contributed by atoms with Crippen LogP contribution < -0.4 is 10.6 Å². The predicted molar refractivity (Wildman–Crippen MR) is 114 cm³/mol. The second-order valence-electron chi connectivity index (χ2n) is 6.35. The molecule has 0 spiro atoms. The molecule has 1 aromatic heterocycles. The van der Waals surface area contributed by atoms with E-state index in [1.807, 2.05) is 24.3 Å². The molecule has 3 aromatic carbocycles. The Balaban J connectivity index is 1.64. The number of benzene rings is 3. The van der Waals surface area contributed by atoms with Gasteiger partial charge in [0.1, 0.15) is 11.6 Å². The van der Waals surface area contributed by atoms with Gasteiger partial charge in [0.15, 0.2) is 0 Å². The van der Waals surface area contributed by atoms with Crippen molar-refractivity contribution in [3.8, 4) is 0 Å². The Morgan fingerprint density at radius 2 is 1.52 bits per heavy atom. The number of halogens is 2. The molecule has 9 heteroatoms. The number of nitrogens with zero attached hydrogens (tertiary/aromatic N) is 2. The summed E-state index contributed by atoms with van der Waals surface area (Å²) in [5.74, 6) is -2.53. The van der Waals surface area contributed by atoms with Crippen LogP contribution in [0.5, 0.6) is 0 Å². The van der Waals surface area contributed by atoms with Crippen molar-refractivity contribution >= 4 is 44.5 Å². The summed E-state index contributed by atoms with van der Waals surface area (Å²) in [5.41, 5.74) is 0.929. The van der Waals surface area contributed by atoms with Crippen LogP contribution in [0.2, 0.25) is 0 Å². The number of carbonyl (C=O) groups excluding carboxylic acids is 2. The van der Waals surface area contributed by atoms with E-state index in [-0.39, 0.29) is 17.1 Å². The highest BCUT2D eigenvalue weighted by molar-refractivity contribution is 7.22. The Labute approximate surface area is 179 Å². The molecule has 154 valence electrons. The quantitative estimate of drug-likeness (QED) is 0.368. The van der Waals surface area contributed by atoms with Crippen molar-refractivity contribution in [2.75, 3.05) is 0 Å². The minimum Gasteiger partial charge on any atom is -0.292 e. The van der Waals surface area contributed by atoms with Crippen molar-refractivity contribution in [3.63, 3.8) is 0 Å². The van der Waals surface area contributed by atoms with E-state index in [1.165, 1.54) is 41.7 Å². The van der Waals surface area contributed by atoms with Gasteiger partial charge in [-0.15, -0.1) is 0 Å². The number of rotatable bonds is 3. The monoisotopic (exact) mass is 436 g/mol. The molecule has 4 rings (SSSR count). The molecule has 6 nitrogen and oxygen atoms in total. The van der Waals surface area contributed by atoms with E-state index in [0.717, 1.165) is 22.9 Å². The number of carbonyl (C=O) groups is 2. The zero-order valence-electron chi connectivity index (χ0n) is 15.8. The molecule has 0 aliphatic heterocycles. The summed E-state index contributed by atoms with van der Waals surface area (Å²) in [6.45, 7) is 0. The average Bonchev–Trinajstić information content (AvgIpc) is 3.16. The Kier molecular flexibility index (Phi) is 5.76. The molecule has 0 saturated heterocycles. The summed E-state index contributed by atoms with van der Waals surface area (Å²) in [6, 6.07) is 17.4. The normalized spacial score (nSPS) is 11.4. The van der Waals surface area contributed by atoms with Crippen LogP contribution in [-0.2, 0) is 0 Å². The minimum absolute atomic E-state index is 0.0491. The summed E-state index contributed by atoms with van der Waals surface area (Å²) >= 11 is 1.27. The number of hydrogen-bond acceptors (Lipinski definition) is 5. The smallest absolute Gasteiger partial charge is 0.258 e. The topological polar surface area (TPSA) is 83.4 Å². The maximum absolute atomic E-state index is 13.5. The van der Waals surface area contributed by atoms with Crippen LogP contribution in [0.4, 0.5) is 13.9 Å². The first kappa shape index (κ1) is 20.3. The molecule has 0 radical (unpaired) electrons. The van der Waals surface area contributed by atoms with Crippen LogP contribution >= 0.6 is 11.3 Å². The summed E-state index contributed by atoms with van der Waals surface area (Å²) in [7, 11) is 0. The van der Waals surface area contributed by atoms with E-state index in [9.17, 15) is 18.4 Å². The Morgan fingerprint density at radius 3 is 2.23 bits per heavy atom. The highest BCUT2D eigenvalue weighted by atomic mass is 32.1. The Hall–Kier alpha value is -3.98. The first-order valence-corrected chi connectivity index (χ1v) is 9.88. The third-order valence-electron chi connectivity index (χ3n) is 4.15. The summed E-state index contributed by atoms with van der Waals surface area (Å²) in [4.78, 5) is 33.7. The van der Waals surface area contributed by atoms with Gasteiger partial charge in [0.25, 0.3) is 11.8 Å². The van der Waals surface area contributed by atoms with Gasteiger partial charge < -0.3 is 0 Å². The average molecular weight is 436 g/mol. The predicted octanol–water partition coefficient (Wildman–Crippen LogP) is 4.42. The zero-order valence-corrected chi connectivity index (χ0v) is 16.6. The number of para-hydroxylation sites is 1. The van der Waals surface area contributed by atoms with Gasteiger partial charge in [0.2, 0.25) is 11.1 Å². The number of fused-ring (bicyclic) bond motifs is 1. The van der Waals surface area contributed by atoms with Crippen molar-refractivity contribution in [3.05, 3.63) is 95.6 Å². The van der Waals surface area contributed by atoms with Crippen LogP contribution in [0.15, 0.2) is 77.8 Å². The molecule has 1 heterocycles. The van der Waals surface area contributed by atoms with Gasteiger partial charge in [-0.25, -0.2) is 13.8 Å². The Morgan fingerprint density at radius 1 is 0.806 bits per heavy atom. The largest absolute Gasteiger partial charge is 0.292 e. The van der Waals surface area contributed by atoms with E-state index >= 15 is 0 Å². The van der Waals surface area contributed by atoms with Crippen molar-refractivity contribution < 1.29 is 18.4 Å². The summed E-state index contributed by atoms with van der Waals surface area (Å²) < 4.78 is 27.5. The van der Waals surface area contributed by atoms with Crippen molar-refractivity contribution in [2.45, 2.75) is 0 Å². The van der Waals surface area contributed by atoms with Gasteiger partial charge in [0.05, 0.1) is 10.2 Å². The first-order chi connectivity index (χ1) is 15.0. The fourth-order valence-corrected chi connectivity index (χ4v) is 3.52. The lowest BCUT2D eigenvalue weighted by Crippen LogP contribution is -2.43. The fraction of sp³-hybridized carbons (Fsp3) is 0. The van der Waals surface area contributed by atoms with Gasteiger partial charge in [-0.05, 0) is 54.6 Å². The molecule has 0 saturated carbocycles. The zero-order chi connectivity index (χ0) is 21.8. The van der Waals surface area contributed by atoms with Crippen LogP contribution in [-0.4, -0.2) is 22.8 Å². The van der Waals surface area contributed by atoms with Gasteiger partial charge >= 0.3 is 0 Å². The molecule has 0 aliphatic rings. The second-order valence-corrected chi connectivity index (χ2v) is 7.36. The molecular formula is C22H14F2N4O2S. The third-order valence-corrected chi connectivity index (χ3v) is 5.08. The maximum atomic E-state index is 13.5. The van der Waals surface area contributed by atoms with E-state index < -0.39 is 23.4 Å². The van der Waals surface area contributed by atoms with E-state index in [1.54, 1.807) is 0 Å². The molecule has 31 heavy (non-hydrogen) atoms. The molecule has 0 atom stereocenters. The number of aliphatic imine (C=N–C) groups is 1. The second kappa shape index (κ2) is 8.80. The van der Waals surface area contributed by atoms with Crippen LogP contribution in [0.1, 0.15) is 20.7 Å². The number of nitrogens with one attached hydrogen (secondary N) is 2. The SMILES string of the molecule is O=C(NC(=Nc1nc2ccccc2s1)NC(=O)c1cccc(F)c1)c1ccc(F)cc1. The standard InChI is InChI=1S/C22H14F2N4O2S/c23-15-10-8-13(9-11-15)19(29)26-21(27-20(30)14-4-3-5-16(24)12-14)28-22-25-17-6-1-2-7-18(17)31-22/h1-12H,(H2,25,26,27,28,29,30). The lowest BCUT2D eigenvalue weighted by Gasteiger charge is -2.10. The van der Waals surface area contributed by atoms with Crippen LogP contribution in [0.3, 0.4) is 0 Å². The lowest BCUT2D eigenvalue weighted by molar-refractivity contribution is 0.0966. The number of thiazole rings is 1. The van der Waals surface area contributed by atoms with E-state index in [0.29, 0.717) is 10.6 Å². The fourth-order valence-electron chi connectivity index (χ4n) is 2.68. The van der Waals surface area contributed by atoms with Crippen molar-refractivity contribution in [1.82, 2.24) is 15.6 Å². The molecule has 0 aliphatic carbocycles. The van der Waals surface area contributed by atoms with Gasteiger partial charge in [-0.3, -0.25) is 20.2 Å². The summed E-state index contributed by atoms with van der Waals surface area (Å²) in [6.07, 6.45) is 0. The lowest BCUT2D eigenvalue weighted by atomic mass is 10.2. The Bertz CT molecular complexity index is 1270. The minimum atomic E-state index is -0.668. The molecule has 0 unspecified atom stereocenters. The van der Waals surface area contributed by atoms with Crippen LogP contribution in [0, 0.1) is 11.6 Å². The third kappa shape index (κ3) is 4.96. The number of amides is 2. The number of guanidine groups is 1. The number of aromatic nitrogens is 1. The van der Waals surface area contributed by atoms with Crippen molar-refractivity contribution in [2.24, 2.45) is 4.99 Å². The maximum Gasteiger partial charge on any atom is 0.258 e. The molecular weight excluding hydrogens is 422 g/mol. The first-order valence-electron chi connectivity index (χ1n) is 9.06. The van der Waals surface area contributed by atoms with Crippen LogP contribution in [0.25, 0.3) is 10.2 Å². The van der Waals surface area contributed by atoms with E-state index in [2.05, 4.69) is 20.6 Å². The molecule has 0 fully saturated rings.